The van der Waals surface area contributed by atoms with Crippen LogP contribution in [0.4, 0.5) is 18.9 Å². The highest BCUT2D eigenvalue weighted by Crippen LogP contribution is 2.34. The standard InChI is InChI=1S/C19H25F3N4O2/c1-5-26(11-17(28)25-18(4,12-23)13(2)3)10-16(27)24-15-9-7-6-8-14(15)19(20,21)22/h6-9,13H,5,10-11H2,1-4H3,(H,24,27)(H,25,28). The fourth-order valence-corrected chi connectivity index (χ4v) is 2.35. The number of nitrogens with one attached hydrogen (secondary N) is 2. The van der Waals surface area contributed by atoms with Crippen LogP contribution in [0.2, 0.25) is 0 Å². The molecule has 28 heavy (non-hydrogen) atoms. The summed E-state index contributed by atoms with van der Waals surface area (Å²) in [6.45, 7) is 6.82. The third-order valence-corrected chi connectivity index (χ3v) is 4.47. The smallest absolute Gasteiger partial charge is 0.337 e. The third-order valence-electron chi connectivity index (χ3n) is 4.47. The lowest BCUT2D eigenvalue weighted by Gasteiger charge is -2.29. The maximum absolute atomic E-state index is 13.0. The summed E-state index contributed by atoms with van der Waals surface area (Å²) >= 11 is 0. The van der Waals surface area contributed by atoms with Crippen LogP contribution in [0.3, 0.4) is 0 Å². The number of nitrogens with zero attached hydrogens (tertiary/aromatic N) is 2. The number of carbonyl (C=O) groups is 2. The van der Waals surface area contributed by atoms with Gasteiger partial charge in [-0.25, -0.2) is 0 Å². The van der Waals surface area contributed by atoms with Crippen LogP contribution in [-0.2, 0) is 15.8 Å². The molecule has 2 N–H and O–H groups in total. The number of alkyl halides is 3. The molecule has 1 aromatic rings. The van der Waals surface area contributed by atoms with Crippen molar-refractivity contribution < 1.29 is 22.8 Å². The van der Waals surface area contributed by atoms with Crippen molar-refractivity contribution in [3.05, 3.63) is 29.8 Å². The Morgan fingerprint density at radius 3 is 2.25 bits per heavy atom. The molecule has 0 aliphatic carbocycles. The van der Waals surface area contributed by atoms with Gasteiger partial charge < -0.3 is 10.6 Å². The second-order valence-corrected chi connectivity index (χ2v) is 6.91. The summed E-state index contributed by atoms with van der Waals surface area (Å²) in [5.74, 6) is -1.24. The Morgan fingerprint density at radius 1 is 1.18 bits per heavy atom. The zero-order valence-electron chi connectivity index (χ0n) is 16.4. The van der Waals surface area contributed by atoms with Gasteiger partial charge in [0.25, 0.3) is 0 Å². The lowest BCUT2D eigenvalue weighted by atomic mass is 9.90. The molecule has 1 atom stereocenters. The molecule has 154 valence electrons. The largest absolute Gasteiger partial charge is 0.418 e. The van der Waals surface area contributed by atoms with Gasteiger partial charge in [-0.1, -0.05) is 32.9 Å². The van der Waals surface area contributed by atoms with Crippen LogP contribution in [0, 0.1) is 17.2 Å². The van der Waals surface area contributed by atoms with Crippen molar-refractivity contribution in [2.75, 3.05) is 25.0 Å². The first-order valence-electron chi connectivity index (χ1n) is 8.83. The van der Waals surface area contributed by atoms with E-state index in [1.165, 1.54) is 23.1 Å². The van der Waals surface area contributed by atoms with Crippen molar-refractivity contribution in [3.8, 4) is 6.07 Å². The molecule has 0 spiro atoms. The van der Waals surface area contributed by atoms with Gasteiger partial charge in [-0.3, -0.25) is 14.5 Å². The predicted octanol–water partition coefficient (Wildman–Crippen LogP) is 3.02. The molecule has 0 aromatic heterocycles. The van der Waals surface area contributed by atoms with E-state index in [1.807, 2.05) is 0 Å². The van der Waals surface area contributed by atoms with Crippen molar-refractivity contribution in [3.63, 3.8) is 0 Å². The summed E-state index contributed by atoms with van der Waals surface area (Å²) < 4.78 is 39.0. The monoisotopic (exact) mass is 398 g/mol. The van der Waals surface area contributed by atoms with Crippen LogP contribution in [0.5, 0.6) is 0 Å². The summed E-state index contributed by atoms with van der Waals surface area (Å²) in [5.41, 5.74) is -2.33. The molecule has 0 saturated heterocycles. The summed E-state index contributed by atoms with van der Waals surface area (Å²) in [6.07, 6.45) is -4.59. The van der Waals surface area contributed by atoms with Crippen LogP contribution in [-0.4, -0.2) is 41.9 Å². The van der Waals surface area contributed by atoms with Gasteiger partial charge in [0, 0.05) is 0 Å². The molecule has 9 heteroatoms. The highest BCUT2D eigenvalue weighted by Gasteiger charge is 2.34. The SMILES string of the molecule is CCN(CC(=O)Nc1ccccc1C(F)(F)F)CC(=O)NC(C)(C#N)C(C)C. The van der Waals surface area contributed by atoms with Crippen LogP contribution in [0.25, 0.3) is 0 Å². The zero-order chi connectivity index (χ0) is 21.5. The number of likely N-dealkylation sites (N-methyl/N-ethyl adjacent to an activating group) is 1. The molecule has 1 unspecified atom stereocenters. The molecule has 0 fully saturated rings. The average Bonchev–Trinajstić information content (AvgIpc) is 2.60. The number of benzene rings is 1. The average molecular weight is 398 g/mol. The Labute approximate surface area is 162 Å². The zero-order valence-corrected chi connectivity index (χ0v) is 16.4. The fraction of sp³-hybridized carbons (Fsp3) is 0.526. The van der Waals surface area contributed by atoms with Gasteiger partial charge in [0.15, 0.2) is 0 Å². The van der Waals surface area contributed by atoms with E-state index in [0.29, 0.717) is 6.54 Å². The topological polar surface area (TPSA) is 85.2 Å². The molecule has 0 bridgehead atoms. The molecule has 0 aliphatic heterocycles. The van der Waals surface area contributed by atoms with Crippen molar-refractivity contribution >= 4 is 17.5 Å². The molecule has 6 nitrogen and oxygen atoms in total. The van der Waals surface area contributed by atoms with E-state index < -0.39 is 29.1 Å². The Bertz CT molecular complexity index is 743. The second kappa shape index (κ2) is 9.55. The lowest BCUT2D eigenvalue weighted by Crippen LogP contribution is -2.52. The van der Waals surface area contributed by atoms with Crippen LogP contribution < -0.4 is 10.6 Å². The summed E-state index contributed by atoms with van der Waals surface area (Å²) in [7, 11) is 0. The molecule has 0 saturated carbocycles. The predicted molar refractivity (Wildman–Crippen MR) is 99.2 cm³/mol. The van der Waals surface area contributed by atoms with E-state index >= 15 is 0 Å². The molecule has 0 aliphatic rings. The van der Waals surface area contributed by atoms with Crippen molar-refractivity contribution in [1.82, 2.24) is 10.2 Å². The van der Waals surface area contributed by atoms with Crippen LogP contribution >= 0.6 is 0 Å². The van der Waals surface area contributed by atoms with Crippen molar-refractivity contribution in [1.29, 1.82) is 5.26 Å². The summed E-state index contributed by atoms with van der Waals surface area (Å²) in [5, 5.41) is 14.1. The van der Waals surface area contributed by atoms with E-state index in [2.05, 4.69) is 16.7 Å². The normalized spacial score (nSPS) is 13.7. The van der Waals surface area contributed by atoms with Gasteiger partial charge in [-0.2, -0.15) is 18.4 Å². The second-order valence-electron chi connectivity index (χ2n) is 6.91. The number of anilines is 1. The first-order chi connectivity index (χ1) is 12.9. The number of amides is 2. The Morgan fingerprint density at radius 2 is 1.75 bits per heavy atom. The number of halogens is 3. The minimum Gasteiger partial charge on any atom is -0.337 e. The number of hydrogen-bond acceptors (Lipinski definition) is 4. The van der Waals surface area contributed by atoms with Gasteiger partial charge >= 0.3 is 6.18 Å². The first kappa shape index (κ1) is 23.4. The highest BCUT2D eigenvalue weighted by atomic mass is 19.4. The number of carbonyl (C=O) groups excluding carboxylic acids is 2. The van der Waals surface area contributed by atoms with E-state index in [1.54, 1.807) is 27.7 Å². The Balaban J connectivity index is 2.75. The van der Waals surface area contributed by atoms with Crippen LogP contribution in [0.15, 0.2) is 24.3 Å². The third kappa shape index (κ3) is 6.53. The maximum atomic E-state index is 13.0. The van der Waals surface area contributed by atoms with Gasteiger partial charge in [-0.15, -0.1) is 0 Å². The Hall–Kier alpha value is -2.60. The molecule has 0 heterocycles. The number of nitriles is 1. The molecule has 1 aromatic carbocycles. The fourth-order valence-electron chi connectivity index (χ4n) is 2.35. The molecule has 0 radical (unpaired) electrons. The van der Waals surface area contributed by atoms with Crippen LogP contribution in [0.1, 0.15) is 33.3 Å². The Kier molecular flexibility index (Phi) is 8.00. The van der Waals surface area contributed by atoms with E-state index in [4.69, 9.17) is 0 Å². The molecular weight excluding hydrogens is 373 g/mol. The number of para-hydroxylation sites is 1. The van der Waals surface area contributed by atoms with Gasteiger partial charge in [-0.05, 0) is 31.5 Å². The molecule has 2 amide bonds. The summed E-state index contributed by atoms with van der Waals surface area (Å²) in [4.78, 5) is 25.9. The minimum absolute atomic E-state index is 0.126. The molecular formula is C19H25F3N4O2. The van der Waals surface area contributed by atoms with Gasteiger partial charge in [0.1, 0.15) is 5.54 Å². The van der Waals surface area contributed by atoms with Crippen molar-refractivity contribution in [2.24, 2.45) is 5.92 Å². The van der Waals surface area contributed by atoms with Crippen molar-refractivity contribution in [2.45, 2.75) is 39.4 Å². The molecule has 1 rings (SSSR count). The van der Waals surface area contributed by atoms with E-state index in [0.717, 1.165) is 6.07 Å². The van der Waals surface area contributed by atoms with Gasteiger partial charge in [0.2, 0.25) is 11.8 Å². The van der Waals surface area contributed by atoms with Gasteiger partial charge in [0.05, 0.1) is 30.4 Å². The van der Waals surface area contributed by atoms with E-state index in [-0.39, 0.29) is 24.7 Å². The first-order valence-corrected chi connectivity index (χ1v) is 8.83. The quantitative estimate of drug-likeness (QED) is 0.705. The van der Waals surface area contributed by atoms with E-state index in [9.17, 15) is 28.0 Å². The lowest BCUT2D eigenvalue weighted by molar-refractivity contribution is -0.137. The highest BCUT2D eigenvalue weighted by molar-refractivity contribution is 5.93. The minimum atomic E-state index is -4.59. The number of hydrogen-bond donors (Lipinski definition) is 2. The maximum Gasteiger partial charge on any atom is 0.418 e. The summed E-state index contributed by atoms with van der Waals surface area (Å²) in [6, 6.07) is 6.74. The number of rotatable bonds is 8.